The molecule has 34 heavy (non-hydrogen) atoms. The van der Waals surface area contributed by atoms with E-state index in [0.717, 1.165) is 5.56 Å². The molecule has 0 aliphatic rings. The standard InChI is InChI=1S/C26H17Cl2N3O3/c27-20-11-9-16(13-21(20)28)24-12-10-17(34-24)14-29-30-25(32)15-31-22-7-3-1-5-18(22)26(33)19-6-2-4-8-23(19)31/h1-14H,15H2,(H,30,32)/b29-14-. The Morgan fingerprint density at radius 1 is 0.912 bits per heavy atom. The van der Waals surface area contributed by atoms with Gasteiger partial charge in [0.05, 0.1) is 27.3 Å². The summed E-state index contributed by atoms with van der Waals surface area (Å²) < 4.78 is 7.56. The highest BCUT2D eigenvalue weighted by atomic mass is 35.5. The Hall–Kier alpha value is -3.87. The number of pyridine rings is 1. The van der Waals surface area contributed by atoms with E-state index in [2.05, 4.69) is 10.5 Å². The van der Waals surface area contributed by atoms with Crippen molar-refractivity contribution < 1.29 is 9.21 Å². The normalized spacial score (nSPS) is 11.5. The molecule has 5 aromatic rings. The van der Waals surface area contributed by atoms with Gasteiger partial charge in [-0.2, -0.15) is 5.10 Å². The summed E-state index contributed by atoms with van der Waals surface area (Å²) in [4.78, 5) is 25.5. The first-order chi connectivity index (χ1) is 16.5. The monoisotopic (exact) mass is 489 g/mol. The molecular formula is C26H17Cl2N3O3. The van der Waals surface area contributed by atoms with Gasteiger partial charge in [-0.3, -0.25) is 9.59 Å². The SMILES string of the molecule is O=C(Cn1c2ccccc2c(=O)c2ccccc21)N/N=C\c1ccc(-c2ccc(Cl)c(Cl)c2)o1. The molecule has 1 N–H and O–H groups in total. The van der Waals surface area contributed by atoms with Crippen LogP contribution >= 0.6 is 23.2 Å². The lowest BCUT2D eigenvalue weighted by molar-refractivity contribution is -0.121. The van der Waals surface area contributed by atoms with Crippen LogP contribution in [0.5, 0.6) is 0 Å². The van der Waals surface area contributed by atoms with Crippen molar-refractivity contribution in [2.45, 2.75) is 6.54 Å². The zero-order chi connectivity index (χ0) is 23.7. The number of hydrogen-bond acceptors (Lipinski definition) is 4. The van der Waals surface area contributed by atoms with Gasteiger partial charge in [-0.1, -0.05) is 47.5 Å². The van der Waals surface area contributed by atoms with Gasteiger partial charge in [-0.15, -0.1) is 0 Å². The fraction of sp³-hybridized carbons (Fsp3) is 0.0385. The molecule has 168 valence electrons. The number of hydrogen-bond donors (Lipinski definition) is 1. The molecule has 2 aromatic heterocycles. The summed E-state index contributed by atoms with van der Waals surface area (Å²) in [6.07, 6.45) is 1.42. The Kier molecular flexibility index (Phi) is 5.92. The van der Waals surface area contributed by atoms with Crippen molar-refractivity contribution in [3.8, 4) is 11.3 Å². The number of hydrazone groups is 1. The number of amides is 1. The zero-order valence-electron chi connectivity index (χ0n) is 17.7. The van der Waals surface area contributed by atoms with Gasteiger partial charge in [0, 0.05) is 16.3 Å². The molecule has 6 nitrogen and oxygen atoms in total. The summed E-state index contributed by atoms with van der Waals surface area (Å²) in [5.41, 5.74) is 4.60. The number of furan rings is 1. The highest BCUT2D eigenvalue weighted by Crippen LogP contribution is 2.29. The topological polar surface area (TPSA) is 76.6 Å². The van der Waals surface area contributed by atoms with E-state index in [-0.39, 0.29) is 17.9 Å². The van der Waals surface area contributed by atoms with Crippen molar-refractivity contribution in [3.63, 3.8) is 0 Å². The molecule has 5 rings (SSSR count). The first kappa shape index (κ1) is 21.9. The quantitative estimate of drug-likeness (QED) is 0.190. The maximum Gasteiger partial charge on any atom is 0.260 e. The lowest BCUT2D eigenvalue weighted by Gasteiger charge is -2.14. The fourth-order valence-electron chi connectivity index (χ4n) is 3.82. The van der Waals surface area contributed by atoms with Crippen LogP contribution in [-0.2, 0) is 11.3 Å². The molecule has 8 heteroatoms. The molecule has 0 bridgehead atoms. The van der Waals surface area contributed by atoms with Crippen LogP contribution in [0.3, 0.4) is 0 Å². The van der Waals surface area contributed by atoms with Crippen molar-refractivity contribution in [3.05, 3.63) is 105 Å². The van der Waals surface area contributed by atoms with Crippen molar-refractivity contribution in [2.24, 2.45) is 5.10 Å². The predicted molar refractivity (Wildman–Crippen MR) is 136 cm³/mol. The molecule has 3 aromatic carbocycles. The average Bonchev–Trinajstić information content (AvgIpc) is 3.32. The van der Waals surface area contributed by atoms with Gasteiger partial charge in [0.2, 0.25) is 0 Å². The van der Waals surface area contributed by atoms with Crippen LogP contribution < -0.4 is 10.9 Å². The molecular weight excluding hydrogens is 473 g/mol. The van der Waals surface area contributed by atoms with Crippen LogP contribution in [-0.4, -0.2) is 16.7 Å². The minimum Gasteiger partial charge on any atom is -0.455 e. The molecule has 0 aliphatic carbocycles. The van der Waals surface area contributed by atoms with Crippen LogP contribution in [0.2, 0.25) is 10.0 Å². The zero-order valence-corrected chi connectivity index (χ0v) is 19.2. The van der Waals surface area contributed by atoms with Crippen LogP contribution in [0, 0.1) is 0 Å². The number of aromatic nitrogens is 1. The summed E-state index contributed by atoms with van der Waals surface area (Å²) >= 11 is 12.0. The van der Waals surface area contributed by atoms with E-state index in [1.807, 2.05) is 41.0 Å². The Labute approximate surface area is 204 Å². The number of benzene rings is 3. The summed E-state index contributed by atoms with van der Waals surface area (Å²) in [5.74, 6) is 0.713. The third-order valence-corrected chi connectivity index (χ3v) is 6.13. The molecule has 0 radical (unpaired) electrons. The number of nitrogens with zero attached hydrogens (tertiary/aromatic N) is 2. The number of nitrogens with one attached hydrogen (secondary N) is 1. The molecule has 0 saturated heterocycles. The van der Waals surface area contributed by atoms with Crippen molar-refractivity contribution in [2.75, 3.05) is 0 Å². The van der Waals surface area contributed by atoms with E-state index in [1.54, 1.807) is 42.5 Å². The molecule has 0 atom stereocenters. The summed E-state index contributed by atoms with van der Waals surface area (Å²) in [6.45, 7) is -0.00861. The number of fused-ring (bicyclic) bond motifs is 2. The predicted octanol–water partition coefficient (Wildman–Crippen LogP) is 5.87. The molecule has 0 spiro atoms. The lowest BCUT2D eigenvalue weighted by Crippen LogP contribution is -2.25. The fourth-order valence-corrected chi connectivity index (χ4v) is 4.12. The maximum absolute atomic E-state index is 12.8. The van der Waals surface area contributed by atoms with Gasteiger partial charge in [-0.25, -0.2) is 5.43 Å². The Morgan fingerprint density at radius 2 is 1.59 bits per heavy atom. The number of carbonyl (C=O) groups excluding carboxylic acids is 1. The molecule has 0 fully saturated rings. The second-order valence-electron chi connectivity index (χ2n) is 7.57. The van der Waals surface area contributed by atoms with Gasteiger partial charge < -0.3 is 8.98 Å². The third-order valence-electron chi connectivity index (χ3n) is 5.39. The van der Waals surface area contributed by atoms with Crippen LogP contribution in [0.25, 0.3) is 33.1 Å². The van der Waals surface area contributed by atoms with Crippen LogP contribution in [0.15, 0.2) is 93.2 Å². The van der Waals surface area contributed by atoms with Gasteiger partial charge in [-0.05, 0) is 54.6 Å². The van der Waals surface area contributed by atoms with E-state index in [0.29, 0.717) is 43.4 Å². The lowest BCUT2D eigenvalue weighted by atomic mass is 10.1. The molecule has 0 saturated carbocycles. The van der Waals surface area contributed by atoms with Gasteiger partial charge in [0.25, 0.3) is 5.91 Å². The first-order valence-electron chi connectivity index (χ1n) is 10.4. The largest absolute Gasteiger partial charge is 0.455 e. The number of halogens is 2. The van der Waals surface area contributed by atoms with Crippen molar-refractivity contribution >= 4 is 57.1 Å². The molecule has 2 heterocycles. The van der Waals surface area contributed by atoms with E-state index < -0.39 is 0 Å². The molecule has 0 unspecified atom stereocenters. The van der Waals surface area contributed by atoms with Gasteiger partial charge in [0.15, 0.2) is 5.43 Å². The third kappa shape index (κ3) is 4.21. The molecule has 1 amide bonds. The summed E-state index contributed by atoms with van der Waals surface area (Å²) in [6, 6.07) is 23.2. The number of rotatable bonds is 5. The minimum absolute atomic E-state index is 0.00861. The first-order valence-corrected chi connectivity index (χ1v) is 11.1. The van der Waals surface area contributed by atoms with Crippen molar-refractivity contribution in [1.29, 1.82) is 0 Å². The van der Waals surface area contributed by atoms with E-state index in [1.165, 1.54) is 6.21 Å². The summed E-state index contributed by atoms with van der Waals surface area (Å²) in [5, 5.41) is 6.02. The second-order valence-corrected chi connectivity index (χ2v) is 8.39. The Morgan fingerprint density at radius 3 is 2.26 bits per heavy atom. The maximum atomic E-state index is 12.8. The van der Waals surface area contributed by atoms with Crippen LogP contribution in [0.1, 0.15) is 5.76 Å². The average molecular weight is 490 g/mol. The van der Waals surface area contributed by atoms with Gasteiger partial charge >= 0.3 is 0 Å². The minimum atomic E-state index is -0.341. The van der Waals surface area contributed by atoms with Crippen LogP contribution in [0.4, 0.5) is 0 Å². The smallest absolute Gasteiger partial charge is 0.260 e. The number of carbonyl (C=O) groups is 1. The number of para-hydroxylation sites is 2. The molecule has 0 aliphatic heterocycles. The Bertz CT molecular complexity index is 1580. The second kappa shape index (κ2) is 9.17. The van der Waals surface area contributed by atoms with E-state index in [9.17, 15) is 9.59 Å². The summed E-state index contributed by atoms with van der Waals surface area (Å²) in [7, 11) is 0. The van der Waals surface area contributed by atoms with Crippen molar-refractivity contribution in [1.82, 2.24) is 9.99 Å². The van der Waals surface area contributed by atoms with E-state index in [4.69, 9.17) is 27.6 Å². The Balaban J connectivity index is 1.35. The highest BCUT2D eigenvalue weighted by Gasteiger charge is 2.12. The van der Waals surface area contributed by atoms with Gasteiger partial charge in [0.1, 0.15) is 18.1 Å². The van der Waals surface area contributed by atoms with E-state index >= 15 is 0 Å². The highest BCUT2D eigenvalue weighted by molar-refractivity contribution is 6.42.